The molecule has 0 unspecified atom stereocenters. The van der Waals surface area contributed by atoms with Crippen molar-refractivity contribution in [3.63, 3.8) is 0 Å². The van der Waals surface area contributed by atoms with Crippen molar-refractivity contribution in [2.24, 2.45) is 5.92 Å². The Morgan fingerprint density at radius 3 is 2.47 bits per heavy atom. The van der Waals surface area contributed by atoms with Crippen LogP contribution < -0.4 is 15.5 Å². The van der Waals surface area contributed by atoms with Crippen molar-refractivity contribution < 1.29 is 4.79 Å². The summed E-state index contributed by atoms with van der Waals surface area (Å²) in [6.45, 7) is 0.669. The molecule has 0 saturated heterocycles. The Kier molecular flexibility index (Phi) is 6.50. The first kappa shape index (κ1) is 21.6. The molecule has 1 aliphatic rings. The maximum Gasteiger partial charge on any atom is 0.251 e. The smallest absolute Gasteiger partial charge is 0.251 e. The lowest BCUT2D eigenvalue weighted by molar-refractivity contribution is 0.0943. The highest BCUT2D eigenvalue weighted by Gasteiger charge is 2.23. The van der Waals surface area contributed by atoms with Gasteiger partial charge in [-0.25, -0.2) is 4.98 Å². The Balaban J connectivity index is 1.30. The number of nitrogens with one attached hydrogen (secondary N) is 2. The van der Waals surface area contributed by atoms with Gasteiger partial charge in [0.2, 0.25) is 5.95 Å². The van der Waals surface area contributed by atoms with Crippen LogP contribution in [0.25, 0.3) is 10.9 Å². The summed E-state index contributed by atoms with van der Waals surface area (Å²) in [5.41, 5.74) is 2.08. The predicted molar refractivity (Wildman–Crippen MR) is 127 cm³/mol. The van der Waals surface area contributed by atoms with Crippen molar-refractivity contribution in [2.45, 2.75) is 31.7 Å². The van der Waals surface area contributed by atoms with E-state index in [0.717, 1.165) is 42.4 Å². The normalized spacial score (nSPS) is 18.0. The number of nitrogens with zero attached hydrogens (tertiary/aromatic N) is 4. The molecule has 1 aromatic heterocycles. The second-order valence-electron chi connectivity index (χ2n) is 8.54. The Hall–Kier alpha value is -3.66. The number of nitriles is 1. The van der Waals surface area contributed by atoms with E-state index in [1.807, 2.05) is 43.3 Å². The summed E-state index contributed by atoms with van der Waals surface area (Å²) in [5, 5.41) is 16.5. The molecule has 1 aliphatic carbocycles. The number of hydrogen-bond acceptors (Lipinski definition) is 6. The summed E-state index contributed by atoms with van der Waals surface area (Å²) < 4.78 is 0. The molecule has 1 amide bonds. The van der Waals surface area contributed by atoms with Crippen LogP contribution >= 0.6 is 0 Å². The first-order valence-corrected chi connectivity index (χ1v) is 11.0. The topological polar surface area (TPSA) is 93.9 Å². The Morgan fingerprint density at radius 1 is 1.06 bits per heavy atom. The van der Waals surface area contributed by atoms with E-state index in [-0.39, 0.29) is 5.91 Å². The van der Waals surface area contributed by atoms with Gasteiger partial charge in [0.1, 0.15) is 5.82 Å². The fourth-order valence-electron chi connectivity index (χ4n) is 4.19. The standard InChI is InChI=1S/C25H28N6O/c1-31(2)23-21-5-3-4-6-22(21)29-25(30-23)28-20-13-9-18(10-14-20)16-27-24(32)19-11-7-17(15-26)8-12-19/h3-8,11-12,18,20H,9-10,13-14,16H2,1-2H3,(H,27,32)(H,28,29,30)/t18-,20+. The number of aromatic nitrogens is 2. The molecule has 7 heteroatoms. The molecular weight excluding hydrogens is 400 g/mol. The van der Waals surface area contributed by atoms with Gasteiger partial charge in [0, 0.05) is 37.6 Å². The zero-order valence-electron chi connectivity index (χ0n) is 18.5. The zero-order chi connectivity index (χ0) is 22.5. The molecule has 0 atom stereocenters. The molecule has 1 saturated carbocycles. The van der Waals surface area contributed by atoms with E-state index in [4.69, 9.17) is 15.2 Å². The molecule has 4 rings (SSSR count). The van der Waals surface area contributed by atoms with Crippen molar-refractivity contribution in [3.05, 3.63) is 59.7 Å². The monoisotopic (exact) mass is 428 g/mol. The third-order valence-electron chi connectivity index (χ3n) is 6.01. The Morgan fingerprint density at radius 2 is 1.78 bits per heavy atom. The van der Waals surface area contributed by atoms with E-state index in [9.17, 15) is 4.79 Å². The van der Waals surface area contributed by atoms with E-state index >= 15 is 0 Å². The average Bonchev–Trinajstić information content (AvgIpc) is 2.83. The van der Waals surface area contributed by atoms with Crippen molar-refractivity contribution in [2.75, 3.05) is 30.9 Å². The number of para-hydroxylation sites is 1. The third kappa shape index (κ3) is 4.97. The molecule has 164 valence electrons. The zero-order valence-corrected chi connectivity index (χ0v) is 18.5. The number of hydrogen-bond donors (Lipinski definition) is 2. The molecule has 0 radical (unpaired) electrons. The Bertz CT molecular complexity index is 1130. The van der Waals surface area contributed by atoms with Crippen LogP contribution in [0.15, 0.2) is 48.5 Å². The van der Waals surface area contributed by atoms with Gasteiger partial charge in [-0.2, -0.15) is 10.2 Å². The number of carbonyl (C=O) groups is 1. The Labute approximate surface area is 188 Å². The van der Waals surface area contributed by atoms with E-state index in [1.54, 1.807) is 24.3 Å². The van der Waals surface area contributed by atoms with Crippen LogP contribution in [0.1, 0.15) is 41.6 Å². The lowest BCUT2D eigenvalue weighted by Gasteiger charge is -2.29. The van der Waals surface area contributed by atoms with Crippen LogP contribution in [0.2, 0.25) is 0 Å². The van der Waals surface area contributed by atoms with E-state index in [2.05, 4.69) is 16.7 Å². The summed E-state index contributed by atoms with van der Waals surface area (Å²) >= 11 is 0. The first-order chi connectivity index (χ1) is 15.5. The summed E-state index contributed by atoms with van der Waals surface area (Å²) in [6, 6.07) is 17.2. The van der Waals surface area contributed by atoms with Gasteiger partial charge in [0.15, 0.2) is 0 Å². The minimum Gasteiger partial charge on any atom is -0.362 e. The van der Waals surface area contributed by atoms with Gasteiger partial charge in [-0.05, 0) is 68.0 Å². The molecule has 7 nitrogen and oxygen atoms in total. The van der Waals surface area contributed by atoms with Crippen LogP contribution in [-0.4, -0.2) is 42.6 Å². The highest BCUT2D eigenvalue weighted by atomic mass is 16.1. The first-order valence-electron chi connectivity index (χ1n) is 11.0. The number of amides is 1. The maximum atomic E-state index is 12.4. The lowest BCUT2D eigenvalue weighted by Crippen LogP contribution is -2.34. The summed E-state index contributed by atoms with van der Waals surface area (Å²) in [7, 11) is 3.99. The van der Waals surface area contributed by atoms with Crippen LogP contribution in [-0.2, 0) is 0 Å². The van der Waals surface area contributed by atoms with Gasteiger partial charge < -0.3 is 15.5 Å². The molecule has 32 heavy (non-hydrogen) atoms. The van der Waals surface area contributed by atoms with Crippen LogP contribution in [0.5, 0.6) is 0 Å². The summed E-state index contributed by atoms with van der Waals surface area (Å²) in [4.78, 5) is 23.8. The largest absolute Gasteiger partial charge is 0.362 e. The van der Waals surface area contributed by atoms with E-state index in [0.29, 0.717) is 35.6 Å². The maximum absolute atomic E-state index is 12.4. The molecule has 1 heterocycles. The third-order valence-corrected chi connectivity index (χ3v) is 6.01. The van der Waals surface area contributed by atoms with Crippen LogP contribution in [0.4, 0.5) is 11.8 Å². The van der Waals surface area contributed by atoms with Gasteiger partial charge in [-0.15, -0.1) is 0 Å². The number of carbonyl (C=O) groups excluding carboxylic acids is 1. The number of rotatable bonds is 6. The van der Waals surface area contributed by atoms with Gasteiger partial charge >= 0.3 is 0 Å². The predicted octanol–water partition coefficient (Wildman–Crippen LogP) is 3.97. The number of fused-ring (bicyclic) bond motifs is 1. The molecule has 2 N–H and O–H groups in total. The second-order valence-corrected chi connectivity index (χ2v) is 8.54. The molecule has 3 aromatic rings. The minimum absolute atomic E-state index is 0.0875. The number of anilines is 2. The van der Waals surface area contributed by atoms with Crippen molar-refractivity contribution in [1.82, 2.24) is 15.3 Å². The van der Waals surface area contributed by atoms with Crippen molar-refractivity contribution >= 4 is 28.6 Å². The molecule has 0 aliphatic heterocycles. The fraction of sp³-hybridized carbons (Fsp3) is 0.360. The minimum atomic E-state index is -0.0875. The lowest BCUT2D eigenvalue weighted by atomic mass is 9.86. The van der Waals surface area contributed by atoms with Crippen molar-refractivity contribution in [3.8, 4) is 6.07 Å². The SMILES string of the molecule is CN(C)c1nc(N[C@H]2CC[C@@H](CNC(=O)c3ccc(C#N)cc3)CC2)nc2ccccc12. The average molecular weight is 429 g/mol. The van der Waals surface area contributed by atoms with Crippen LogP contribution in [0, 0.1) is 17.2 Å². The van der Waals surface area contributed by atoms with E-state index < -0.39 is 0 Å². The second kappa shape index (κ2) is 9.65. The van der Waals surface area contributed by atoms with E-state index in [1.165, 1.54) is 0 Å². The van der Waals surface area contributed by atoms with Gasteiger partial charge in [-0.3, -0.25) is 4.79 Å². The molecular formula is C25H28N6O. The van der Waals surface area contributed by atoms with Gasteiger partial charge in [0.25, 0.3) is 5.91 Å². The summed E-state index contributed by atoms with van der Waals surface area (Å²) in [5.74, 6) is 1.96. The highest BCUT2D eigenvalue weighted by molar-refractivity contribution is 5.94. The quantitative estimate of drug-likeness (QED) is 0.617. The number of benzene rings is 2. The highest BCUT2D eigenvalue weighted by Crippen LogP contribution is 2.28. The van der Waals surface area contributed by atoms with Gasteiger partial charge in [0.05, 0.1) is 17.1 Å². The molecule has 0 spiro atoms. The van der Waals surface area contributed by atoms with Crippen LogP contribution in [0.3, 0.4) is 0 Å². The summed E-state index contributed by atoms with van der Waals surface area (Å²) in [6.07, 6.45) is 4.12. The van der Waals surface area contributed by atoms with Gasteiger partial charge in [-0.1, -0.05) is 12.1 Å². The molecule has 1 fully saturated rings. The fourth-order valence-corrected chi connectivity index (χ4v) is 4.19. The molecule has 0 bridgehead atoms. The van der Waals surface area contributed by atoms with Crippen molar-refractivity contribution in [1.29, 1.82) is 5.26 Å². The molecule has 2 aromatic carbocycles.